The van der Waals surface area contributed by atoms with Crippen molar-refractivity contribution in [2.45, 2.75) is 25.5 Å². The normalized spacial score (nSPS) is 21.8. The summed E-state index contributed by atoms with van der Waals surface area (Å²) >= 11 is 1.66. The first-order valence-corrected chi connectivity index (χ1v) is 7.58. The molecule has 104 valence electrons. The number of hydrogen-bond donors (Lipinski definition) is 1. The fourth-order valence-corrected chi connectivity index (χ4v) is 3.15. The molecule has 5 nitrogen and oxygen atoms in total. The molecule has 3 rings (SSSR count). The van der Waals surface area contributed by atoms with Crippen LogP contribution in [0.2, 0.25) is 0 Å². The number of aromatic nitrogens is 2. The van der Waals surface area contributed by atoms with E-state index in [0.29, 0.717) is 19.8 Å². The SMILES string of the molecule is CCNC(Cc1cn2ccsc2n1)C1COCCO1. The highest BCUT2D eigenvalue weighted by Crippen LogP contribution is 2.15. The smallest absolute Gasteiger partial charge is 0.193 e. The molecule has 1 saturated heterocycles. The van der Waals surface area contributed by atoms with E-state index in [1.165, 1.54) is 0 Å². The Balaban J connectivity index is 1.70. The van der Waals surface area contributed by atoms with Crippen molar-refractivity contribution in [1.82, 2.24) is 14.7 Å². The molecule has 2 atom stereocenters. The van der Waals surface area contributed by atoms with E-state index in [9.17, 15) is 0 Å². The zero-order valence-corrected chi connectivity index (χ0v) is 11.9. The lowest BCUT2D eigenvalue weighted by Crippen LogP contribution is -2.47. The van der Waals surface area contributed by atoms with Crippen LogP contribution in [0.4, 0.5) is 0 Å². The van der Waals surface area contributed by atoms with E-state index < -0.39 is 0 Å². The molecule has 0 radical (unpaired) electrons. The molecule has 1 fully saturated rings. The van der Waals surface area contributed by atoms with E-state index >= 15 is 0 Å². The van der Waals surface area contributed by atoms with Gasteiger partial charge in [0.05, 0.1) is 31.6 Å². The van der Waals surface area contributed by atoms with Crippen LogP contribution in [0.25, 0.3) is 4.96 Å². The van der Waals surface area contributed by atoms with E-state index in [-0.39, 0.29) is 12.1 Å². The second-order valence-corrected chi connectivity index (χ2v) is 5.55. The number of hydrogen-bond acceptors (Lipinski definition) is 5. The van der Waals surface area contributed by atoms with Gasteiger partial charge in [-0.1, -0.05) is 6.92 Å². The Bertz CT molecular complexity index is 490. The highest BCUT2D eigenvalue weighted by Gasteiger charge is 2.25. The van der Waals surface area contributed by atoms with E-state index in [2.05, 4.69) is 27.8 Å². The molecule has 0 bridgehead atoms. The second kappa shape index (κ2) is 6.00. The molecule has 6 heteroatoms. The van der Waals surface area contributed by atoms with E-state index in [1.54, 1.807) is 11.3 Å². The van der Waals surface area contributed by atoms with Crippen LogP contribution in [0.15, 0.2) is 17.8 Å². The van der Waals surface area contributed by atoms with Gasteiger partial charge in [-0.25, -0.2) is 4.98 Å². The van der Waals surface area contributed by atoms with Gasteiger partial charge in [-0.3, -0.25) is 4.40 Å². The van der Waals surface area contributed by atoms with Gasteiger partial charge in [-0.05, 0) is 6.54 Å². The Labute approximate surface area is 116 Å². The van der Waals surface area contributed by atoms with Crippen LogP contribution < -0.4 is 5.32 Å². The number of nitrogens with one attached hydrogen (secondary N) is 1. The van der Waals surface area contributed by atoms with Crippen molar-refractivity contribution < 1.29 is 9.47 Å². The van der Waals surface area contributed by atoms with Gasteiger partial charge in [0.25, 0.3) is 0 Å². The van der Waals surface area contributed by atoms with Crippen molar-refractivity contribution in [1.29, 1.82) is 0 Å². The minimum Gasteiger partial charge on any atom is -0.376 e. The highest BCUT2D eigenvalue weighted by molar-refractivity contribution is 7.15. The third kappa shape index (κ3) is 2.97. The fourth-order valence-electron chi connectivity index (χ4n) is 2.44. The van der Waals surface area contributed by atoms with Gasteiger partial charge in [0.15, 0.2) is 4.96 Å². The number of likely N-dealkylation sites (N-methyl/N-ethyl adjacent to an activating group) is 1. The highest BCUT2D eigenvalue weighted by atomic mass is 32.1. The Morgan fingerprint density at radius 3 is 3.26 bits per heavy atom. The van der Waals surface area contributed by atoms with Crippen LogP contribution in [-0.4, -0.2) is 47.9 Å². The molecule has 0 saturated carbocycles. The summed E-state index contributed by atoms with van der Waals surface area (Å²) in [5, 5.41) is 5.53. The molecule has 2 unspecified atom stereocenters. The fraction of sp³-hybridized carbons (Fsp3) is 0.615. The van der Waals surface area contributed by atoms with Crippen LogP contribution in [0.3, 0.4) is 0 Å². The average molecular weight is 281 g/mol. The van der Waals surface area contributed by atoms with Crippen LogP contribution in [0, 0.1) is 0 Å². The first-order valence-electron chi connectivity index (χ1n) is 6.70. The molecule has 1 aliphatic rings. The minimum absolute atomic E-state index is 0.119. The quantitative estimate of drug-likeness (QED) is 0.898. The van der Waals surface area contributed by atoms with Crippen LogP contribution in [0.5, 0.6) is 0 Å². The maximum atomic E-state index is 5.80. The molecular formula is C13H19N3O2S. The summed E-state index contributed by atoms with van der Waals surface area (Å²) in [6.07, 6.45) is 5.13. The van der Waals surface area contributed by atoms with Gasteiger partial charge in [0.2, 0.25) is 0 Å². The van der Waals surface area contributed by atoms with Gasteiger partial charge in [-0.2, -0.15) is 0 Å². The van der Waals surface area contributed by atoms with Crippen molar-refractivity contribution in [3.63, 3.8) is 0 Å². The van der Waals surface area contributed by atoms with Crippen molar-refractivity contribution >= 4 is 16.3 Å². The van der Waals surface area contributed by atoms with Crippen molar-refractivity contribution in [2.75, 3.05) is 26.4 Å². The summed E-state index contributed by atoms with van der Waals surface area (Å²) in [7, 11) is 0. The monoisotopic (exact) mass is 281 g/mol. The van der Waals surface area contributed by atoms with Crippen molar-refractivity contribution in [3.8, 4) is 0 Å². The molecule has 0 aliphatic carbocycles. The summed E-state index contributed by atoms with van der Waals surface area (Å²) in [5.41, 5.74) is 1.10. The molecule has 2 aromatic heterocycles. The number of ether oxygens (including phenoxy) is 2. The summed E-state index contributed by atoms with van der Waals surface area (Å²) < 4.78 is 13.4. The lowest BCUT2D eigenvalue weighted by molar-refractivity contribution is -0.101. The number of fused-ring (bicyclic) bond motifs is 1. The molecule has 3 heterocycles. The predicted molar refractivity (Wildman–Crippen MR) is 74.8 cm³/mol. The number of thiazole rings is 1. The molecular weight excluding hydrogens is 262 g/mol. The topological polar surface area (TPSA) is 47.8 Å². The van der Waals surface area contributed by atoms with Crippen LogP contribution in [0.1, 0.15) is 12.6 Å². The number of rotatable bonds is 5. The molecule has 0 spiro atoms. The lowest BCUT2D eigenvalue weighted by Gasteiger charge is -2.30. The van der Waals surface area contributed by atoms with E-state index in [4.69, 9.17) is 9.47 Å². The average Bonchev–Trinajstić information content (AvgIpc) is 3.00. The van der Waals surface area contributed by atoms with Crippen molar-refractivity contribution in [3.05, 3.63) is 23.5 Å². The zero-order valence-electron chi connectivity index (χ0n) is 11.0. The largest absolute Gasteiger partial charge is 0.376 e. The van der Waals surface area contributed by atoms with Crippen LogP contribution >= 0.6 is 11.3 Å². The van der Waals surface area contributed by atoms with Crippen molar-refractivity contribution in [2.24, 2.45) is 0 Å². The summed E-state index contributed by atoms with van der Waals surface area (Å²) in [5.74, 6) is 0. The maximum Gasteiger partial charge on any atom is 0.193 e. The van der Waals surface area contributed by atoms with E-state index in [1.807, 2.05) is 11.6 Å². The summed E-state index contributed by atoms with van der Waals surface area (Å²) in [6, 6.07) is 0.259. The standard InChI is InChI=1S/C13H19N3O2S/c1-2-14-11(12-9-17-4-5-18-12)7-10-8-16-3-6-19-13(16)15-10/h3,6,8,11-12,14H,2,4-5,7,9H2,1H3. The summed E-state index contributed by atoms with van der Waals surface area (Å²) in [4.78, 5) is 5.68. The molecule has 0 aromatic carbocycles. The van der Waals surface area contributed by atoms with Gasteiger partial charge < -0.3 is 14.8 Å². The first kappa shape index (κ1) is 13.1. The predicted octanol–water partition coefficient (Wildman–Crippen LogP) is 1.33. The Kier molecular flexibility index (Phi) is 4.12. The lowest BCUT2D eigenvalue weighted by atomic mass is 10.1. The second-order valence-electron chi connectivity index (χ2n) is 4.68. The van der Waals surface area contributed by atoms with Gasteiger partial charge in [0, 0.05) is 30.2 Å². The van der Waals surface area contributed by atoms with Gasteiger partial charge >= 0.3 is 0 Å². The number of nitrogens with zero attached hydrogens (tertiary/aromatic N) is 2. The Morgan fingerprint density at radius 2 is 2.53 bits per heavy atom. The molecule has 2 aromatic rings. The third-order valence-corrected chi connectivity index (χ3v) is 4.10. The van der Waals surface area contributed by atoms with Gasteiger partial charge in [-0.15, -0.1) is 11.3 Å². The molecule has 19 heavy (non-hydrogen) atoms. The zero-order chi connectivity index (χ0) is 13.1. The Morgan fingerprint density at radius 1 is 1.58 bits per heavy atom. The van der Waals surface area contributed by atoms with Gasteiger partial charge in [0.1, 0.15) is 0 Å². The number of imidazole rings is 1. The first-order chi connectivity index (χ1) is 9.36. The third-order valence-electron chi connectivity index (χ3n) is 3.33. The van der Waals surface area contributed by atoms with Crippen LogP contribution in [-0.2, 0) is 15.9 Å². The molecule has 1 N–H and O–H groups in total. The Hall–Kier alpha value is -0.950. The van der Waals surface area contributed by atoms with E-state index in [0.717, 1.165) is 23.6 Å². The summed E-state index contributed by atoms with van der Waals surface area (Å²) in [6.45, 7) is 5.09. The molecule has 0 amide bonds. The maximum absolute atomic E-state index is 5.80. The minimum atomic E-state index is 0.119. The molecule has 1 aliphatic heterocycles.